The molecule has 3 amide bonds. The minimum absolute atomic E-state index is 0.00243. The van der Waals surface area contributed by atoms with E-state index in [1.807, 2.05) is 7.05 Å². The molecule has 0 atom stereocenters. The van der Waals surface area contributed by atoms with Crippen LogP contribution in [-0.4, -0.2) is 180 Å². The lowest BCUT2D eigenvalue weighted by Crippen LogP contribution is -2.47. The molecule has 6 heterocycles. The molecule has 652 valence electrons. The number of ketones is 3. The summed E-state index contributed by atoms with van der Waals surface area (Å²) in [5, 5.41) is 17.7. The number of piperidine rings is 1. The molecule has 28 nitrogen and oxygen atoms in total. The molecule has 6 aromatic carbocycles. The SMILES string of the molecule is COc1cc(C(=O)NC2CCC(N3CCOCC3)CC2)ccc1Nc1ncc(C(F)(F)F)c(Oc2cccc3c2C(=O)CC3)n1.COc1cc(C(=O)NC2CCN(C)CC2)ccc1Nc1ncc(C(F)(F)F)c(Oc2cccc3c2C(=O)CC3)n1.COc1cc(C(=O)NC2CCOCC2)ccc1Nc1ncc(C(F)(F)F)c(Oc2cccc3c2C(=O)CC3)n1. The summed E-state index contributed by atoms with van der Waals surface area (Å²) < 4.78 is 168. The third-order valence-corrected chi connectivity index (χ3v) is 22.2. The molecular formula is C87H87F9N14O14. The van der Waals surface area contributed by atoms with Crippen LogP contribution in [-0.2, 0) is 47.3 Å². The van der Waals surface area contributed by atoms with E-state index in [4.69, 9.17) is 37.9 Å². The lowest BCUT2D eigenvalue weighted by atomic mass is 9.89. The van der Waals surface area contributed by atoms with E-state index in [0.29, 0.717) is 108 Å². The minimum Gasteiger partial charge on any atom is -0.495 e. The third kappa shape index (κ3) is 21.2. The van der Waals surface area contributed by atoms with Gasteiger partial charge in [-0.2, -0.15) is 54.5 Å². The molecule has 6 N–H and O–H groups in total. The number of alkyl halides is 9. The van der Waals surface area contributed by atoms with Crippen molar-refractivity contribution >= 4 is 70.0 Å². The number of carbonyl (C=O) groups is 6. The van der Waals surface area contributed by atoms with E-state index < -0.39 is 52.9 Å². The lowest BCUT2D eigenvalue weighted by molar-refractivity contribution is -0.140. The summed E-state index contributed by atoms with van der Waals surface area (Å²) in [7, 11) is 6.27. The lowest BCUT2D eigenvalue weighted by Gasteiger charge is -2.38. The van der Waals surface area contributed by atoms with Crippen molar-refractivity contribution in [2.75, 3.05) is 96.9 Å². The van der Waals surface area contributed by atoms with Crippen LogP contribution < -0.4 is 60.3 Å². The Morgan fingerprint density at radius 1 is 0.395 bits per heavy atom. The molecule has 0 spiro atoms. The van der Waals surface area contributed by atoms with Gasteiger partial charge in [-0.1, -0.05) is 36.4 Å². The van der Waals surface area contributed by atoms with Crippen LogP contribution in [0.2, 0.25) is 0 Å². The Balaban J connectivity index is 0.000000152. The molecule has 124 heavy (non-hydrogen) atoms. The molecule has 7 aliphatic rings. The number of methoxy groups -OCH3 is 3. The summed E-state index contributed by atoms with van der Waals surface area (Å²) >= 11 is 0. The van der Waals surface area contributed by atoms with Gasteiger partial charge < -0.3 is 74.7 Å². The second-order valence-electron chi connectivity index (χ2n) is 30.3. The molecule has 9 aromatic rings. The summed E-state index contributed by atoms with van der Waals surface area (Å²) in [6.45, 7) is 6.39. The Bertz CT molecular complexity index is 5460. The number of likely N-dealkylation sites (tertiary alicyclic amines) is 1. The molecule has 3 aromatic heterocycles. The maximum absolute atomic E-state index is 13.9. The zero-order chi connectivity index (χ0) is 87.6. The highest BCUT2D eigenvalue weighted by molar-refractivity contribution is 6.05. The maximum Gasteiger partial charge on any atom is 0.423 e. The van der Waals surface area contributed by atoms with Crippen LogP contribution >= 0.6 is 0 Å². The van der Waals surface area contributed by atoms with Crippen molar-refractivity contribution in [2.24, 2.45) is 0 Å². The number of aromatic nitrogens is 6. The number of ether oxygens (including phenoxy) is 8. The maximum atomic E-state index is 13.9. The van der Waals surface area contributed by atoms with Gasteiger partial charge in [0.05, 0.1) is 68.3 Å². The Labute approximate surface area is 705 Å². The Hall–Kier alpha value is -12.6. The predicted octanol–water partition coefficient (Wildman–Crippen LogP) is 15.6. The number of anilines is 6. The minimum atomic E-state index is -4.80. The number of benzene rings is 6. The van der Waals surface area contributed by atoms with Crippen molar-refractivity contribution in [3.8, 4) is 52.1 Å². The first-order valence-electron chi connectivity index (χ1n) is 40.2. The fourth-order valence-corrected chi connectivity index (χ4v) is 15.6. The smallest absolute Gasteiger partial charge is 0.423 e. The largest absolute Gasteiger partial charge is 0.495 e. The van der Waals surface area contributed by atoms with Crippen LogP contribution in [0.15, 0.2) is 128 Å². The number of nitrogens with one attached hydrogen (secondary N) is 6. The number of hydrogen-bond acceptors (Lipinski definition) is 25. The van der Waals surface area contributed by atoms with Crippen molar-refractivity contribution in [1.82, 2.24) is 55.7 Å². The van der Waals surface area contributed by atoms with Gasteiger partial charge in [0, 0.05) is 105 Å². The van der Waals surface area contributed by atoms with Crippen LogP contribution in [0.25, 0.3) is 0 Å². The first-order valence-corrected chi connectivity index (χ1v) is 40.2. The van der Waals surface area contributed by atoms with Crippen molar-refractivity contribution in [2.45, 2.75) is 133 Å². The van der Waals surface area contributed by atoms with E-state index in [0.717, 1.165) is 90.8 Å². The zero-order valence-electron chi connectivity index (χ0n) is 67.7. The summed E-state index contributed by atoms with van der Waals surface area (Å²) in [6, 6.07) is 29.1. The molecule has 3 aliphatic heterocycles. The van der Waals surface area contributed by atoms with Crippen molar-refractivity contribution < 1.29 is 106 Å². The van der Waals surface area contributed by atoms with Gasteiger partial charge in [-0.05, 0) is 180 Å². The van der Waals surface area contributed by atoms with Gasteiger partial charge in [0.15, 0.2) is 17.3 Å². The second kappa shape index (κ2) is 38.4. The number of hydrogen-bond donors (Lipinski definition) is 6. The zero-order valence-corrected chi connectivity index (χ0v) is 67.7. The average Bonchev–Trinajstić information content (AvgIpc) is 1.54. The molecule has 1 saturated carbocycles. The van der Waals surface area contributed by atoms with Gasteiger partial charge in [0.1, 0.15) is 51.2 Å². The molecule has 4 fully saturated rings. The number of amides is 3. The van der Waals surface area contributed by atoms with Crippen molar-refractivity contribution in [3.05, 3.63) is 195 Å². The second-order valence-corrected chi connectivity index (χ2v) is 30.3. The van der Waals surface area contributed by atoms with Crippen LogP contribution in [0.4, 0.5) is 74.4 Å². The number of fused-ring (bicyclic) bond motifs is 3. The normalized spacial score (nSPS) is 17.4. The molecule has 3 saturated heterocycles. The highest BCUT2D eigenvalue weighted by atomic mass is 19.4. The Morgan fingerprint density at radius 2 is 0.718 bits per heavy atom. The van der Waals surface area contributed by atoms with E-state index in [1.54, 1.807) is 78.9 Å². The monoisotopic (exact) mass is 1720 g/mol. The van der Waals surface area contributed by atoms with Crippen LogP contribution in [0.5, 0.6) is 52.1 Å². The summed E-state index contributed by atoms with van der Waals surface area (Å²) in [4.78, 5) is 104. The first kappa shape index (κ1) is 87.7. The summed E-state index contributed by atoms with van der Waals surface area (Å²) in [6.07, 6.45) is -3.30. The van der Waals surface area contributed by atoms with Gasteiger partial charge in [-0.25, -0.2) is 15.0 Å². The fourth-order valence-electron chi connectivity index (χ4n) is 15.6. The van der Waals surface area contributed by atoms with Gasteiger partial charge in [-0.3, -0.25) is 33.7 Å². The van der Waals surface area contributed by atoms with Crippen LogP contribution in [0.1, 0.15) is 166 Å². The van der Waals surface area contributed by atoms with Crippen molar-refractivity contribution in [1.29, 1.82) is 0 Å². The fraction of sp³-hybridized carbons (Fsp3) is 0.379. The molecule has 0 bridgehead atoms. The number of halogens is 9. The highest BCUT2D eigenvalue weighted by Gasteiger charge is 2.41. The molecular weight excluding hydrogens is 1640 g/mol. The van der Waals surface area contributed by atoms with Gasteiger partial charge in [-0.15, -0.1) is 0 Å². The van der Waals surface area contributed by atoms with E-state index in [2.05, 4.69) is 71.6 Å². The number of nitrogens with zero attached hydrogens (tertiary/aromatic N) is 8. The Kier molecular flexibility index (Phi) is 27.2. The van der Waals surface area contributed by atoms with Crippen molar-refractivity contribution in [3.63, 3.8) is 0 Å². The average molecular weight is 1720 g/mol. The molecule has 16 rings (SSSR count). The summed E-state index contributed by atoms with van der Waals surface area (Å²) in [5.41, 5.74) is 1.46. The Morgan fingerprint density at radius 3 is 1.05 bits per heavy atom. The van der Waals surface area contributed by atoms with E-state index in [9.17, 15) is 68.3 Å². The highest BCUT2D eigenvalue weighted by Crippen LogP contribution is 2.45. The first-order chi connectivity index (χ1) is 59.5. The van der Waals surface area contributed by atoms with Gasteiger partial charge in [0.25, 0.3) is 17.7 Å². The number of morpholine rings is 1. The quantitative estimate of drug-likeness (QED) is 0.0343. The molecule has 4 aliphatic carbocycles. The summed E-state index contributed by atoms with van der Waals surface area (Å²) in [5.74, 6) is -3.36. The van der Waals surface area contributed by atoms with Gasteiger partial charge in [0.2, 0.25) is 35.5 Å². The molecule has 0 radical (unpaired) electrons. The van der Waals surface area contributed by atoms with Crippen LogP contribution in [0, 0.1) is 0 Å². The van der Waals surface area contributed by atoms with Gasteiger partial charge >= 0.3 is 18.5 Å². The van der Waals surface area contributed by atoms with E-state index in [-0.39, 0.29) is 141 Å². The number of Topliss-reactive ketones (excluding diaryl/α,β-unsaturated/α-hetero) is 3. The topological polar surface area (TPSA) is 332 Å². The molecule has 37 heteroatoms. The third-order valence-electron chi connectivity index (χ3n) is 22.2. The van der Waals surface area contributed by atoms with E-state index in [1.165, 1.54) is 51.7 Å². The van der Waals surface area contributed by atoms with E-state index >= 15 is 0 Å². The predicted molar refractivity (Wildman–Crippen MR) is 433 cm³/mol. The number of rotatable bonds is 22. The number of carbonyl (C=O) groups excluding carboxylic acids is 6. The van der Waals surface area contributed by atoms with Crippen LogP contribution in [0.3, 0.4) is 0 Å². The molecule has 0 unspecified atom stereocenters. The number of aryl methyl sites for hydroxylation is 3. The standard InChI is InChI=1S/C32H34F3N5O5.C28H28F3N5O4.C27H25F3N4O5/c1-43-27-17-20(29(42)37-21-7-9-22(10-8-21)40-13-15-44-16-14-40)5-11-24(27)38-31-36-18-23(32(33,34)35)30(39-31)45-26-4-2-3-19-6-12-25(41)28(19)26;1-36-12-10-18(11-13-36)33-25(38)17-6-8-20(23(14-17)39-2)34-27-32-15-19(28(29,30)31)26(35-27)40-22-5-3-4-16-7-9-21(37)24(16)22;1-37-22-13-16(24(36)32-17-9-11-38-12-10-17)5-7-19(22)33-26-31-14-18(27(28,29)30)25(34-26)39-21-4-2-3-15-6-8-20(35)23(15)21/h2-5,11,17-18,21-22H,6-10,12-16H2,1H3,(H,37,42)(H,36,38,39);3-6,8,14-15,18H,7,9-13H2,1-2H3,(H,33,38)(H,32,34,35);2-5,7,13-14,17H,6,8-12H2,1H3,(H,32,36)(H,31,33,34).